The second-order valence-electron chi connectivity index (χ2n) is 6.71. The van der Waals surface area contributed by atoms with E-state index in [-0.39, 0.29) is 11.3 Å². The molecule has 1 amide bonds. The molecule has 8 heteroatoms. The lowest BCUT2D eigenvalue weighted by atomic mass is 10.1. The van der Waals surface area contributed by atoms with Crippen LogP contribution in [0.2, 0.25) is 0 Å². The number of carbonyl (C=O) groups is 1. The van der Waals surface area contributed by atoms with Crippen LogP contribution < -0.4 is 5.32 Å². The lowest BCUT2D eigenvalue weighted by Crippen LogP contribution is -2.16. The molecular weight excluding hydrogens is 376 g/mol. The molecule has 1 N–H and O–H groups in total. The molecule has 0 spiro atoms. The molecule has 0 aliphatic carbocycles. The number of rotatable bonds is 4. The molecule has 1 aromatic heterocycles. The minimum atomic E-state index is -0.509. The molecule has 0 saturated heterocycles. The molecule has 28 heavy (non-hydrogen) atoms. The van der Waals surface area contributed by atoms with Crippen LogP contribution in [0.25, 0.3) is 5.69 Å². The van der Waals surface area contributed by atoms with Crippen molar-refractivity contribution in [2.75, 3.05) is 5.32 Å². The van der Waals surface area contributed by atoms with Gasteiger partial charge in [-0.2, -0.15) is 16.9 Å². The number of aromatic nitrogens is 2. The molecule has 7 nitrogen and oxygen atoms in total. The summed E-state index contributed by atoms with van der Waals surface area (Å²) in [7, 11) is 0. The molecule has 0 atom stereocenters. The van der Waals surface area contributed by atoms with E-state index in [1.807, 2.05) is 32.0 Å². The van der Waals surface area contributed by atoms with Crippen molar-refractivity contribution in [3.63, 3.8) is 0 Å². The van der Waals surface area contributed by atoms with E-state index in [2.05, 4.69) is 5.32 Å². The van der Waals surface area contributed by atoms with Crippen LogP contribution in [0.1, 0.15) is 32.7 Å². The van der Waals surface area contributed by atoms with E-state index in [0.717, 1.165) is 34.0 Å². The highest BCUT2D eigenvalue weighted by molar-refractivity contribution is 7.98. The smallest absolute Gasteiger partial charge is 0.270 e. The van der Waals surface area contributed by atoms with Crippen molar-refractivity contribution in [3.8, 4) is 5.69 Å². The predicted octanol–water partition coefficient (Wildman–Crippen LogP) is 4.40. The topological polar surface area (TPSA) is 90.1 Å². The number of nitro benzene ring substituents is 1. The maximum Gasteiger partial charge on any atom is 0.270 e. The first kappa shape index (κ1) is 18.2. The van der Waals surface area contributed by atoms with Gasteiger partial charge >= 0.3 is 0 Å². The summed E-state index contributed by atoms with van der Waals surface area (Å²) in [5.74, 6) is 1.80. The highest BCUT2D eigenvalue weighted by Gasteiger charge is 2.25. The second-order valence-corrected chi connectivity index (χ2v) is 7.69. The van der Waals surface area contributed by atoms with Crippen LogP contribution in [0.4, 0.5) is 11.5 Å². The third-order valence-corrected chi connectivity index (χ3v) is 5.81. The first-order chi connectivity index (χ1) is 13.4. The molecular formula is C20H18N4O3S. The summed E-state index contributed by atoms with van der Waals surface area (Å²) in [5.41, 5.74) is 5.27. The minimum absolute atomic E-state index is 0.115. The van der Waals surface area contributed by atoms with Crippen molar-refractivity contribution >= 4 is 29.2 Å². The number of thioether (sulfide) groups is 1. The minimum Gasteiger partial charge on any atom is -0.306 e. The van der Waals surface area contributed by atoms with Crippen molar-refractivity contribution in [1.29, 1.82) is 0 Å². The highest BCUT2D eigenvalue weighted by atomic mass is 32.2. The monoisotopic (exact) mass is 394 g/mol. The Labute approximate surface area is 165 Å². The Morgan fingerprint density at radius 3 is 2.75 bits per heavy atom. The number of hydrogen-bond acceptors (Lipinski definition) is 5. The van der Waals surface area contributed by atoms with Gasteiger partial charge in [-0.1, -0.05) is 12.1 Å². The van der Waals surface area contributed by atoms with Crippen molar-refractivity contribution in [2.45, 2.75) is 25.4 Å². The summed E-state index contributed by atoms with van der Waals surface area (Å²) in [6.07, 6.45) is 0. The molecule has 0 unspecified atom stereocenters. The number of nitrogens with zero attached hydrogens (tertiary/aromatic N) is 3. The van der Waals surface area contributed by atoms with Crippen molar-refractivity contribution in [3.05, 3.63) is 80.5 Å². The summed E-state index contributed by atoms with van der Waals surface area (Å²) < 4.78 is 1.76. The maximum atomic E-state index is 12.8. The van der Waals surface area contributed by atoms with E-state index in [0.29, 0.717) is 5.82 Å². The van der Waals surface area contributed by atoms with E-state index in [1.54, 1.807) is 22.5 Å². The number of fused-ring (bicyclic) bond motifs is 1. The molecule has 2 aromatic carbocycles. The summed E-state index contributed by atoms with van der Waals surface area (Å²) in [6, 6.07) is 11.8. The molecule has 0 saturated carbocycles. The number of amides is 1. The van der Waals surface area contributed by atoms with Crippen molar-refractivity contribution in [2.24, 2.45) is 0 Å². The van der Waals surface area contributed by atoms with Crippen molar-refractivity contribution < 1.29 is 9.72 Å². The van der Waals surface area contributed by atoms with E-state index >= 15 is 0 Å². The van der Waals surface area contributed by atoms with Gasteiger partial charge < -0.3 is 5.32 Å². The van der Waals surface area contributed by atoms with Gasteiger partial charge in [-0.15, -0.1) is 0 Å². The molecule has 4 rings (SSSR count). The van der Waals surface area contributed by atoms with Crippen molar-refractivity contribution in [1.82, 2.24) is 9.78 Å². The van der Waals surface area contributed by atoms with Gasteiger partial charge in [0.2, 0.25) is 0 Å². The number of hydrogen-bond donors (Lipinski definition) is 1. The number of anilines is 1. The number of benzene rings is 2. The second kappa shape index (κ2) is 7.12. The standard InChI is InChI=1S/C20H18N4O3S/c1-12-6-7-15(8-13(12)2)23-19(17-10-28-11-18(17)22-23)21-20(25)14-4-3-5-16(9-14)24(26)27/h3-9H,10-11H2,1-2H3,(H,21,25). The zero-order chi connectivity index (χ0) is 19.8. The lowest BCUT2D eigenvalue weighted by molar-refractivity contribution is -0.384. The summed E-state index contributed by atoms with van der Waals surface area (Å²) >= 11 is 1.75. The molecule has 3 aromatic rings. The Balaban J connectivity index is 1.73. The van der Waals surface area contributed by atoms with Gasteiger partial charge in [0.05, 0.1) is 16.3 Å². The van der Waals surface area contributed by atoms with E-state index in [9.17, 15) is 14.9 Å². The van der Waals surface area contributed by atoms with E-state index < -0.39 is 10.8 Å². The Kier molecular flexibility index (Phi) is 4.64. The Morgan fingerprint density at radius 1 is 1.18 bits per heavy atom. The maximum absolute atomic E-state index is 12.8. The third kappa shape index (κ3) is 3.27. The lowest BCUT2D eigenvalue weighted by Gasteiger charge is -2.12. The van der Waals surface area contributed by atoms with Gasteiger partial charge in [-0.05, 0) is 43.2 Å². The van der Waals surface area contributed by atoms with Gasteiger partial charge in [0.15, 0.2) is 0 Å². The molecule has 1 aliphatic heterocycles. The van der Waals surface area contributed by atoms with Crippen LogP contribution in [0.15, 0.2) is 42.5 Å². The zero-order valence-electron chi connectivity index (χ0n) is 15.4. The molecule has 0 radical (unpaired) electrons. The van der Waals surface area contributed by atoms with Crippen LogP contribution in [0, 0.1) is 24.0 Å². The average molecular weight is 394 g/mol. The number of nitrogens with one attached hydrogen (secondary N) is 1. The Morgan fingerprint density at radius 2 is 2.00 bits per heavy atom. The van der Waals surface area contributed by atoms with Crippen LogP contribution in [0.3, 0.4) is 0 Å². The van der Waals surface area contributed by atoms with Gasteiger partial charge in [0.1, 0.15) is 5.82 Å². The Bertz CT molecular complexity index is 1110. The average Bonchev–Trinajstić information content (AvgIpc) is 3.26. The van der Waals surface area contributed by atoms with E-state index in [1.165, 1.54) is 23.8 Å². The first-order valence-corrected chi connectivity index (χ1v) is 9.91. The number of non-ortho nitro benzene ring substituents is 1. The fraction of sp³-hybridized carbons (Fsp3) is 0.200. The molecule has 142 valence electrons. The van der Waals surface area contributed by atoms with Crippen LogP contribution in [-0.4, -0.2) is 20.6 Å². The van der Waals surface area contributed by atoms with Crippen LogP contribution in [0.5, 0.6) is 0 Å². The van der Waals surface area contributed by atoms with Gasteiger partial charge in [-0.25, -0.2) is 4.68 Å². The van der Waals surface area contributed by atoms with Gasteiger partial charge in [0.25, 0.3) is 11.6 Å². The largest absolute Gasteiger partial charge is 0.306 e. The molecule has 1 aliphatic rings. The van der Waals surface area contributed by atoms with Gasteiger partial charge in [-0.3, -0.25) is 14.9 Å². The predicted molar refractivity (Wildman–Crippen MR) is 109 cm³/mol. The highest BCUT2D eigenvalue weighted by Crippen LogP contribution is 2.36. The SMILES string of the molecule is Cc1ccc(-n2nc3c(c2NC(=O)c2cccc([N+](=O)[O-])c2)CSC3)cc1C. The molecule has 2 heterocycles. The third-order valence-electron chi connectivity index (χ3n) is 4.84. The normalized spacial score (nSPS) is 12.6. The quantitative estimate of drug-likeness (QED) is 0.523. The van der Waals surface area contributed by atoms with Gasteiger partial charge in [0, 0.05) is 34.8 Å². The fourth-order valence-corrected chi connectivity index (χ4v) is 4.16. The number of aryl methyl sites for hydroxylation is 2. The van der Waals surface area contributed by atoms with E-state index in [4.69, 9.17) is 5.10 Å². The fourth-order valence-electron chi connectivity index (χ4n) is 3.13. The first-order valence-electron chi connectivity index (χ1n) is 8.76. The Hall–Kier alpha value is -3.13. The summed E-state index contributed by atoms with van der Waals surface area (Å²) in [6.45, 7) is 4.08. The summed E-state index contributed by atoms with van der Waals surface area (Å²) in [5, 5.41) is 18.6. The molecule has 0 bridgehead atoms. The number of nitro groups is 1. The van der Waals surface area contributed by atoms with Crippen LogP contribution in [-0.2, 0) is 11.5 Å². The molecule has 0 fully saturated rings. The van der Waals surface area contributed by atoms with Crippen LogP contribution >= 0.6 is 11.8 Å². The zero-order valence-corrected chi connectivity index (χ0v) is 16.2. The summed E-state index contributed by atoms with van der Waals surface area (Å²) in [4.78, 5) is 23.3. The number of carbonyl (C=O) groups excluding carboxylic acids is 1.